The van der Waals surface area contributed by atoms with Gasteiger partial charge in [-0.3, -0.25) is 9.36 Å². The number of nitrogens with zero attached hydrogens (tertiary/aromatic N) is 4. The molecular formula is C23H24ClN5O4. The van der Waals surface area contributed by atoms with Crippen LogP contribution >= 0.6 is 11.6 Å². The fraction of sp³-hybridized carbons (Fsp3) is 0.391. The van der Waals surface area contributed by atoms with Gasteiger partial charge < -0.3 is 20.1 Å². The van der Waals surface area contributed by atoms with Crippen LogP contribution in [0.25, 0.3) is 10.9 Å². The van der Waals surface area contributed by atoms with Gasteiger partial charge in [0.25, 0.3) is 5.56 Å². The maximum Gasteiger partial charge on any atom is 0.356 e. The van der Waals surface area contributed by atoms with E-state index >= 15 is 0 Å². The molecule has 172 valence electrons. The summed E-state index contributed by atoms with van der Waals surface area (Å²) in [5.41, 5.74) is 2.48. The maximum atomic E-state index is 13.5. The van der Waals surface area contributed by atoms with Crippen molar-refractivity contribution in [2.45, 2.75) is 38.9 Å². The van der Waals surface area contributed by atoms with Crippen LogP contribution in [-0.4, -0.2) is 51.4 Å². The molecule has 9 nitrogen and oxygen atoms in total. The van der Waals surface area contributed by atoms with E-state index in [2.05, 4.69) is 15.2 Å². The van der Waals surface area contributed by atoms with Gasteiger partial charge in [-0.05, 0) is 44.0 Å². The minimum atomic E-state index is -1.18. The molecule has 2 N–H and O–H groups in total. The van der Waals surface area contributed by atoms with E-state index < -0.39 is 5.97 Å². The third-order valence-corrected chi connectivity index (χ3v) is 6.50. The van der Waals surface area contributed by atoms with Crippen molar-refractivity contribution in [1.29, 1.82) is 0 Å². The molecule has 0 spiro atoms. The Balaban J connectivity index is 1.62. The van der Waals surface area contributed by atoms with E-state index in [4.69, 9.17) is 21.3 Å². The smallest absolute Gasteiger partial charge is 0.356 e. The van der Waals surface area contributed by atoms with Crippen molar-refractivity contribution in [2.75, 3.05) is 30.0 Å². The number of aromatic carboxylic acids is 1. The Labute approximate surface area is 195 Å². The third-order valence-electron chi connectivity index (χ3n) is 6.29. The van der Waals surface area contributed by atoms with Gasteiger partial charge in [0.2, 0.25) is 5.95 Å². The summed E-state index contributed by atoms with van der Waals surface area (Å²) in [6.07, 6.45) is 0.845. The number of hydrogen-bond acceptors (Lipinski definition) is 7. The Morgan fingerprint density at radius 2 is 2.12 bits per heavy atom. The number of halogens is 1. The normalized spacial score (nSPS) is 18.5. The number of anilines is 2. The highest BCUT2D eigenvalue weighted by molar-refractivity contribution is 6.29. The highest BCUT2D eigenvalue weighted by Crippen LogP contribution is 2.31. The maximum absolute atomic E-state index is 13.5. The minimum absolute atomic E-state index is 0.0588. The predicted octanol–water partition coefficient (Wildman–Crippen LogP) is 3.23. The van der Waals surface area contributed by atoms with E-state index in [0.717, 1.165) is 17.5 Å². The second-order valence-electron chi connectivity index (χ2n) is 8.53. The van der Waals surface area contributed by atoms with E-state index in [-0.39, 0.29) is 28.5 Å². The molecule has 2 aromatic heterocycles. The summed E-state index contributed by atoms with van der Waals surface area (Å²) in [7, 11) is 0. The molecule has 0 amide bonds. The number of fused-ring (bicyclic) bond motifs is 4. The van der Waals surface area contributed by atoms with Crippen molar-refractivity contribution < 1.29 is 14.6 Å². The zero-order valence-electron chi connectivity index (χ0n) is 18.3. The van der Waals surface area contributed by atoms with E-state index in [1.54, 1.807) is 10.6 Å². The predicted molar refractivity (Wildman–Crippen MR) is 126 cm³/mol. The van der Waals surface area contributed by atoms with Crippen LogP contribution in [0.4, 0.5) is 11.6 Å². The Kier molecular flexibility index (Phi) is 5.46. The lowest BCUT2D eigenvalue weighted by molar-refractivity contribution is 0.0691. The molecule has 5 rings (SSSR count). The van der Waals surface area contributed by atoms with Gasteiger partial charge in [-0.15, -0.1) is 0 Å². The first kappa shape index (κ1) is 21.7. The summed E-state index contributed by atoms with van der Waals surface area (Å²) in [5.74, 6) is -0.506. The zero-order chi connectivity index (χ0) is 23.3. The van der Waals surface area contributed by atoms with Crippen molar-refractivity contribution in [2.24, 2.45) is 0 Å². The number of ether oxygens (including phenoxy) is 1. The Hall–Kier alpha value is -3.17. The first-order chi connectivity index (χ1) is 15.8. The van der Waals surface area contributed by atoms with Gasteiger partial charge in [0.05, 0.1) is 41.9 Å². The molecule has 1 fully saturated rings. The average Bonchev–Trinajstić information content (AvgIpc) is 2.80. The van der Waals surface area contributed by atoms with Crippen molar-refractivity contribution in [1.82, 2.24) is 14.5 Å². The second kappa shape index (κ2) is 8.31. The number of pyridine rings is 1. The molecule has 0 saturated carbocycles. The molecule has 0 aliphatic carbocycles. The molecule has 2 atom stereocenters. The molecular weight excluding hydrogens is 446 g/mol. The number of aryl methyl sites for hydroxylation is 1. The van der Waals surface area contributed by atoms with Crippen LogP contribution in [0.1, 0.15) is 41.0 Å². The van der Waals surface area contributed by atoms with Gasteiger partial charge in [-0.25, -0.2) is 14.8 Å². The van der Waals surface area contributed by atoms with E-state index in [1.807, 2.05) is 26.0 Å². The van der Waals surface area contributed by atoms with Crippen molar-refractivity contribution in [3.8, 4) is 0 Å². The molecule has 1 unspecified atom stereocenters. The van der Waals surface area contributed by atoms with Crippen molar-refractivity contribution in [3.05, 3.63) is 56.6 Å². The number of rotatable bonds is 4. The molecule has 0 bridgehead atoms. The van der Waals surface area contributed by atoms with E-state index in [0.29, 0.717) is 48.8 Å². The molecule has 10 heteroatoms. The standard InChI is InChI=1S/C23H24ClN5O4/c1-12-9-15(13(2)25-17-3-4-18(24)26-20(17)22(31)32)19-16(10-12)21(30)29-6-5-14-11-33-8-7-28(14)23(29)27-19/h3-4,9-10,13-14,25H,5-8,11H2,1-2H3,(H,31,32)/t13-,14?/m1/s1. The lowest BCUT2D eigenvalue weighted by atomic mass is 10.0. The lowest BCUT2D eigenvalue weighted by Gasteiger charge is -2.41. The summed E-state index contributed by atoms with van der Waals surface area (Å²) in [5, 5.41) is 13.4. The quantitative estimate of drug-likeness (QED) is 0.560. The molecule has 2 aliphatic rings. The van der Waals surface area contributed by atoms with Crippen molar-refractivity contribution >= 4 is 40.1 Å². The fourth-order valence-electron chi connectivity index (χ4n) is 4.70. The number of aromatic nitrogens is 3. The SMILES string of the molecule is Cc1cc([C@@H](C)Nc2ccc(Cl)nc2C(=O)O)c2nc3n(c(=O)c2c1)CCC1COCCN31. The fourth-order valence-corrected chi connectivity index (χ4v) is 4.85. The zero-order valence-corrected chi connectivity index (χ0v) is 19.1. The van der Waals surface area contributed by atoms with Crippen molar-refractivity contribution in [3.63, 3.8) is 0 Å². The van der Waals surface area contributed by atoms with Gasteiger partial charge in [-0.2, -0.15) is 0 Å². The molecule has 1 saturated heterocycles. The van der Waals surface area contributed by atoms with Crippen LogP contribution in [0.15, 0.2) is 29.1 Å². The molecule has 33 heavy (non-hydrogen) atoms. The van der Waals surface area contributed by atoms with Crippen LogP contribution in [0.3, 0.4) is 0 Å². The van der Waals surface area contributed by atoms with Crippen LogP contribution < -0.4 is 15.8 Å². The first-order valence-corrected chi connectivity index (χ1v) is 11.3. The molecule has 0 radical (unpaired) electrons. The summed E-state index contributed by atoms with van der Waals surface area (Å²) in [6, 6.07) is 6.85. The van der Waals surface area contributed by atoms with E-state index in [9.17, 15) is 14.7 Å². The number of nitrogens with one attached hydrogen (secondary N) is 1. The van der Waals surface area contributed by atoms with Gasteiger partial charge >= 0.3 is 5.97 Å². The van der Waals surface area contributed by atoms with Gasteiger partial charge in [0.15, 0.2) is 5.69 Å². The monoisotopic (exact) mass is 469 g/mol. The van der Waals surface area contributed by atoms with Gasteiger partial charge in [0.1, 0.15) is 5.15 Å². The molecule has 4 heterocycles. The van der Waals surface area contributed by atoms with Crippen LogP contribution in [0.5, 0.6) is 0 Å². The largest absolute Gasteiger partial charge is 0.476 e. The summed E-state index contributed by atoms with van der Waals surface area (Å²) < 4.78 is 7.39. The van der Waals surface area contributed by atoms with Crippen LogP contribution in [-0.2, 0) is 11.3 Å². The Morgan fingerprint density at radius 3 is 2.91 bits per heavy atom. The molecule has 1 aromatic carbocycles. The number of hydrogen-bond donors (Lipinski definition) is 2. The Morgan fingerprint density at radius 1 is 1.30 bits per heavy atom. The van der Waals surface area contributed by atoms with Gasteiger partial charge in [-0.1, -0.05) is 17.7 Å². The van der Waals surface area contributed by atoms with E-state index in [1.165, 1.54) is 6.07 Å². The minimum Gasteiger partial charge on any atom is -0.476 e. The Bertz CT molecular complexity index is 1320. The summed E-state index contributed by atoms with van der Waals surface area (Å²) in [4.78, 5) is 36.2. The second-order valence-corrected chi connectivity index (χ2v) is 8.92. The number of benzene rings is 1. The first-order valence-electron chi connectivity index (χ1n) is 10.9. The molecule has 3 aromatic rings. The van der Waals surface area contributed by atoms with Gasteiger partial charge in [0, 0.05) is 18.7 Å². The number of carboxylic acid groups (broad SMARTS) is 1. The molecule has 2 aliphatic heterocycles. The average molecular weight is 470 g/mol. The number of carbonyl (C=O) groups is 1. The summed E-state index contributed by atoms with van der Waals surface area (Å²) >= 11 is 5.89. The number of morpholine rings is 1. The van der Waals surface area contributed by atoms with Crippen LogP contribution in [0.2, 0.25) is 5.15 Å². The lowest BCUT2D eigenvalue weighted by Crippen LogP contribution is -2.52. The topological polar surface area (TPSA) is 110 Å². The highest BCUT2D eigenvalue weighted by atomic mass is 35.5. The number of carboxylic acids is 1. The highest BCUT2D eigenvalue weighted by Gasteiger charge is 2.32. The van der Waals surface area contributed by atoms with Crippen LogP contribution in [0, 0.1) is 6.92 Å². The third kappa shape index (κ3) is 3.81. The summed E-state index contributed by atoms with van der Waals surface area (Å²) in [6.45, 7) is 6.38.